The number of carbonyl (C=O) groups is 4. The third-order valence-corrected chi connectivity index (χ3v) is 6.54. The second kappa shape index (κ2) is 9.29. The van der Waals surface area contributed by atoms with Crippen molar-refractivity contribution in [3.63, 3.8) is 0 Å². The predicted molar refractivity (Wildman–Crippen MR) is 132 cm³/mol. The summed E-state index contributed by atoms with van der Waals surface area (Å²) >= 11 is 0. The van der Waals surface area contributed by atoms with Crippen molar-refractivity contribution in [2.24, 2.45) is 11.8 Å². The van der Waals surface area contributed by atoms with Gasteiger partial charge in [-0.2, -0.15) is 0 Å². The van der Waals surface area contributed by atoms with Crippen LogP contribution in [0.2, 0.25) is 0 Å². The van der Waals surface area contributed by atoms with Gasteiger partial charge in [-0.3, -0.25) is 14.4 Å². The maximum absolute atomic E-state index is 13.9. The topological polar surface area (TPSA) is 114 Å². The molecule has 1 saturated heterocycles. The number of piperidine rings is 1. The van der Waals surface area contributed by atoms with E-state index in [1.807, 2.05) is 0 Å². The highest BCUT2D eigenvalue weighted by atomic mass is 16.6. The van der Waals surface area contributed by atoms with Gasteiger partial charge in [-0.25, -0.2) is 4.79 Å². The van der Waals surface area contributed by atoms with Gasteiger partial charge in [0.05, 0.1) is 24.6 Å². The first kappa shape index (κ1) is 25.8. The molecule has 1 saturated carbocycles. The first-order valence-electron chi connectivity index (χ1n) is 12.3. The molecule has 3 amide bonds. The molecular weight excluding hydrogens is 466 g/mol. The van der Waals surface area contributed by atoms with Crippen molar-refractivity contribution >= 4 is 35.3 Å². The Kier molecular flexibility index (Phi) is 6.66. The number of fused-ring (bicyclic) bond motifs is 1. The first-order chi connectivity index (χ1) is 16.8. The van der Waals surface area contributed by atoms with Gasteiger partial charge in [0, 0.05) is 24.8 Å². The van der Waals surface area contributed by atoms with Crippen molar-refractivity contribution in [1.82, 2.24) is 4.90 Å². The maximum atomic E-state index is 13.9. The van der Waals surface area contributed by atoms with Gasteiger partial charge in [0.1, 0.15) is 11.4 Å². The molecule has 0 radical (unpaired) electrons. The first-order valence-corrected chi connectivity index (χ1v) is 12.3. The quantitative estimate of drug-likeness (QED) is 0.630. The molecule has 10 nitrogen and oxygen atoms in total. The van der Waals surface area contributed by atoms with Gasteiger partial charge >= 0.3 is 12.1 Å². The van der Waals surface area contributed by atoms with Crippen LogP contribution in [0.3, 0.4) is 0 Å². The van der Waals surface area contributed by atoms with E-state index in [0.29, 0.717) is 17.1 Å². The van der Waals surface area contributed by atoms with Gasteiger partial charge in [0.25, 0.3) is 5.91 Å². The van der Waals surface area contributed by atoms with E-state index in [9.17, 15) is 19.2 Å². The summed E-state index contributed by atoms with van der Waals surface area (Å²) in [7, 11) is 1.30. The van der Waals surface area contributed by atoms with E-state index in [2.05, 4.69) is 5.32 Å². The third-order valence-electron chi connectivity index (χ3n) is 6.54. The van der Waals surface area contributed by atoms with Crippen LogP contribution >= 0.6 is 0 Å². The number of esters is 1. The third kappa shape index (κ3) is 5.42. The number of carbonyl (C=O) groups excluding carboxylic acids is 4. The Morgan fingerprint density at radius 1 is 1.14 bits per heavy atom. The molecule has 2 heterocycles. The summed E-state index contributed by atoms with van der Waals surface area (Å²) in [6, 6.07) is 5.31. The second-order valence-electron chi connectivity index (χ2n) is 11.2. The Morgan fingerprint density at radius 2 is 1.81 bits per heavy atom. The van der Waals surface area contributed by atoms with Crippen molar-refractivity contribution in [3.8, 4) is 5.75 Å². The molecule has 1 aromatic rings. The lowest BCUT2D eigenvalue weighted by Crippen LogP contribution is -2.52. The summed E-state index contributed by atoms with van der Waals surface area (Å²) < 4.78 is 16.3. The average molecular weight is 502 g/mol. The number of nitrogens with one attached hydrogen (secondary N) is 1. The highest BCUT2D eigenvalue weighted by molar-refractivity contribution is 6.02. The minimum absolute atomic E-state index is 0.0145. The van der Waals surface area contributed by atoms with Crippen LogP contribution in [0.4, 0.5) is 16.2 Å². The van der Waals surface area contributed by atoms with Crippen molar-refractivity contribution in [1.29, 1.82) is 0 Å². The second-order valence-corrected chi connectivity index (χ2v) is 11.2. The summed E-state index contributed by atoms with van der Waals surface area (Å²) in [6.45, 7) is 8.96. The van der Waals surface area contributed by atoms with Crippen molar-refractivity contribution in [2.75, 3.05) is 30.4 Å². The van der Waals surface area contributed by atoms with Crippen LogP contribution in [0.1, 0.15) is 53.9 Å². The van der Waals surface area contributed by atoms with Gasteiger partial charge in [-0.15, -0.1) is 0 Å². The van der Waals surface area contributed by atoms with Gasteiger partial charge in [-0.05, 0) is 72.1 Å². The molecule has 36 heavy (non-hydrogen) atoms. The molecule has 1 aliphatic carbocycles. The van der Waals surface area contributed by atoms with Gasteiger partial charge < -0.3 is 29.3 Å². The number of rotatable bonds is 4. The summed E-state index contributed by atoms with van der Waals surface area (Å²) in [4.78, 5) is 54.7. The predicted octanol–water partition coefficient (Wildman–Crippen LogP) is 3.34. The smallest absolute Gasteiger partial charge is 0.410 e. The normalized spacial score (nSPS) is 23.1. The number of methoxy groups -OCH3 is 1. The van der Waals surface area contributed by atoms with Crippen LogP contribution in [0.5, 0.6) is 5.75 Å². The Labute approximate surface area is 211 Å². The van der Waals surface area contributed by atoms with Crippen LogP contribution in [-0.2, 0) is 23.9 Å². The number of anilines is 2. The minimum atomic E-state index is -0.989. The van der Waals surface area contributed by atoms with E-state index in [0.717, 1.165) is 12.8 Å². The summed E-state index contributed by atoms with van der Waals surface area (Å²) in [5.41, 5.74) is -0.564. The van der Waals surface area contributed by atoms with E-state index in [1.165, 1.54) is 12.0 Å². The molecule has 0 aromatic heterocycles. The molecule has 0 spiro atoms. The van der Waals surface area contributed by atoms with E-state index in [-0.39, 0.29) is 37.4 Å². The minimum Gasteiger partial charge on any atom is -0.476 e. The highest BCUT2D eigenvalue weighted by Gasteiger charge is 2.44. The Morgan fingerprint density at radius 3 is 2.42 bits per heavy atom. The lowest BCUT2D eigenvalue weighted by atomic mass is 9.88. The zero-order valence-electron chi connectivity index (χ0n) is 21.8. The van der Waals surface area contributed by atoms with E-state index < -0.39 is 35.1 Å². The molecule has 1 unspecified atom stereocenters. The van der Waals surface area contributed by atoms with Gasteiger partial charge in [-0.1, -0.05) is 0 Å². The number of ether oxygens (including phenoxy) is 3. The molecule has 2 atom stereocenters. The Balaban J connectivity index is 1.60. The average Bonchev–Trinajstić information content (AvgIpc) is 3.63. The number of amides is 3. The molecule has 2 aliphatic heterocycles. The van der Waals surface area contributed by atoms with Gasteiger partial charge in [0.15, 0.2) is 5.60 Å². The molecular formula is C26H35N3O7. The lowest BCUT2D eigenvalue weighted by Gasteiger charge is -2.39. The molecule has 10 heteroatoms. The van der Waals surface area contributed by atoms with Gasteiger partial charge in [0.2, 0.25) is 5.91 Å². The van der Waals surface area contributed by atoms with Crippen LogP contribution in [0.15, 0.2) is 18.2 Å². The van der Waals surface area contributed by atoms with Crippen molar-refractivity contribution in [3.05, 3.63) is 18.2 Å². The summed E-state index contributed by atoms with van der Waals surface area (Å²) in [5, 5.41) is 2.86. The number of hydrogen-bond donors (Lipinski definition) is 1. The van der Waals surface area contributed by atoms with Crippen LogP contribution in [-0.4, -0.2) is 66.2 Å². The number of likely N-dealkylation sites (tertiary alicyclic amines) is 1. The molecule has 1 aromatic carbocycles. The summed E-state index contributed by atoms with van der Waals surface area (Å²) in [6.07, 6.45) is 1.40. The van der Waals surface area contributed by atoms with Crippen molar-refractivity contribution in [2.45, 2.75) is 71.1 Å². The summed E-state index contributed by atoms with van der Waals surface area (Å²) in [5.74, 6) is -1.62. The Hall–Kier alpha value is -3.30. The fourth-order valence-electron chi connectivity index (χ4n) is 4.59. The van der Waals surface area contributed by atoms with Crippen LogP contribution < -0.4 is 15.0 Å². The molecule has 4 rings (SSSR count). The number of nitrogens with zero attached hydrogens (tertiary/aromatic N) is 2. The van der Waals surface area contributed by atoms with E-state index in [4.69, 9.17) is 14.2 Å². The highest BCUT2D eigenvalue weighted by Crippen LogP contribution is 2.41. The maximum Gasteiger partial charge on any atom is 0.410 e. The monoisotopic (exact) mass is 501 g/mol. The zero-order valence-corrected chi connectivity index (χ0v) is 21.8. The SMILES string of the molecule is COC(=O)[C@H]1CC(C(=O)N(c2ccc3c(c2)NC(=O)C(C)(C)O3)C2CC2)CN(C(=O)OC(C)(C)C)C1. The lowest BCUT2D eigenvalue weighted by molar-refractivity contribution is -0.148. The number of hydrogen-bond acceptors (Lipinski definition) is 7. The van der Waals surface area contributed by atoms with Crippen molar-refractivity contribution < 1.29 is 33.4 Å². The van der Waals surface area contributed by atoms with Crippen LogP contribution in [0, 0.1) is 11.8 Å². The molecule has 3 aliphatic rings. The fourth-order valence-corrected chi connectivity index (χ4v) is 4.59. The molecule has 196 valence electrons. The largest absolute Gasteiger partial charge is 0.476 e. The number of benzene rings is 1. The molecule has 0 bridgehead atoms. The molecule has 2 fully saturated rings. The van der Waals surface area contributed by atoms with E-state index in [1.54, 1.807) is 57.7 Å². The van der Waals surface area contributed by atoms with E-state index >= 15 is 0 Å². The standard InChI is InChI=1S/C26H35N3O7/c1-25(2,3)36-24(33)28-13-15(11-16(14-28)22(31)34-6)21(30)29(17-7-8-17)18-9-10-20-19(12-18)27-23(32)26(4,5)35-20/h9-10,12,15-17H,7-8,11,13-14H2,1-6H3,(H,27,32)/t15?,16-/m0/s1. The molecule has 1 N–H and O–H groups in total. The zero-order chi connectivity index (χ0) is 26.4. The van der Waals surface area contributed by atoms with Crippen LogP contribution in [0.25, 0.3) is 0 Å². The Bertz CT molecular complexity index is 1070. The fraction of sp³-hybridized carbons (Fsp3) is 0.615.